The van der Waals surface area contributed by atoms with Gasteiger partial charge in [0.15, 0.2) is 6.61 Å². The summed E-state index contributed by atoms with van der Waals surface area (Å²) in [7, 11) is 0. The number of hydrogen-bond donors (Lipinski definition) is 1. The number of nitrogens with one attached hydrogen (secondary N) is 1. The van der Waals surface area contributed by atoms with Gasteiger partial charge in [0.05, 0.1) is 5.56 Å². The molecule has 1 N–H and O–H groups in total. The summed E-state index contributed by atoms with van der Waals surface area (Å²) in [5.74, 6) is -0.518. The molecule has 0 saturated carbocycles. The average molecular weight is 337 g/mol. The molecule has 0 bridgehead atoms. The average Bonchev–Trinajstić information content (AvgIpc) is 3.12. The van der Waals surface area contributed by atoms with Gasteiger partial charge in [0.25, 0.3) is 5.91 Å². The van der Waals surface area contributed by atoms with Crippen molar-refractivity contribution >= 4 is 11.9 Å². The van der Waals surface area contributed by atoms with Gasteiger partial charge in [-0.3, -0.25) is 4.79 Å². The standard InChI is InChI=1S/C21H23NO3/c1-15(16-6-3-2-4-7-16)13-22-20(23)14-25-21(24)19-11-10-17-8-5-9-18(17)12-19/h2-4,6-7,10-12,15H,5,8-9,13-14H2,1H3,(H,22,23)/t15-/m0/s1. The summed E-state index contributed by atoms with van der Waals surface area (Å²) < 4.78 is 5.14. The van der Waals surface area contributed by atoms with Crippen LogP contribution in [-0.4, -0.2) is 25.0 Å². The van der Waals surface area contributed by atoms with E-state index >= 15 is 0 Å². The Balaban J connectivity index is 1.45. The van der Waals surface area contributed by atoms with E-state index in [2.05, 4.69) is 5.32 Å². The summed E-state index contributed by atoms with van der Waals surface area (Å²) >= 11 is 0. The number of esters is 1. The molecule has 0 fully saturated rings. The van der Waals surface area contributed by atoms with Crippen LogP contribution >= 0.6 is 0 Å². The summed E-state index contributed by atoms with van der Waals surface area (Å²) in [5, 5.41) is 2.81. The van der Waals surface area contributed by atoms with Crippen molar-refractivity contribution in [3.63, 3.8) is 0 Å². The molecule has 25 heavy (non-hydrogen) atoms. The molecule has 0 saturated heterocycles. The topological polar surface area (TPSA) is 55.4 Å². The van der Waals surface area contributed by atoms with Crippen LogP contribution in [0.2, 0.25) is 0 Å². The normalized spacial score (nSPS) is 13.8. The molecule has 130 valence electrons. The Morgan fingerprint density at radius 2 is 1.84 bits per heavy atom. The predicted molar refractivity (Wildman–Crippen MR) is 96.6 cm³/mol. The number of benzene rings is 2. The Morgan fingerprint density at radius 3 is 2.64 bits per heavy atom. The number of rotatable bonds is 6. The fourth-order valence-corrected chi connectivity index (χ4v) is 3.13. The first kappa shape index (κ1) is 17.2. The highest BCUT2D eigenvalue weighted by atomic mass is 16.5. The molecule has 0 spiro atoms. The molecule has 1 amide bonds. The Bertz CT molecular complexity index is 755. The molecule has 0 heterocycles. The number of aryl methyl sites for hydroxylation is 2. The van der Waals surface area contributed by atoms with Crippen molar-refractivity contribution in [1.29, 1.82) is 0 Å². The van der Waals surface area contributed by atoms with E-state index in [4.69, 9.17) is 4.74 Å². The van der Waals surface area contributed by atoms with E-state index < -0.39 is 5.97 Å². The van der Waals surface area contributed by atoms with Gasteiger partial charge in [0.1, 0.15) is 0 Å². The summed E-state index contributed by atoms with van der Waals surface area (Å²) in [6.07, 6.45) is 3.22. The zero-order valence-electron chi connectivity index (χ0n) is 14.5. The minimum absolute atomic E-state index is 0.206. The Labute approximate surface area is 148 Å². The lowest BCUT2D eigenvalue weighted by molar-refractivity contribution is -0.124. The molecule has 3 rings (SSSR count). The highest BCUT2D eigenvalue weighted by Crippen LogP contribution is 2.23. The number of carbonyl (C=O) groups is 2. The van der Waals surface area contributed by atoms with Crippen LogP contribution in [0.4, 0.5) is 0 Å². The summed E-state index contributed by atoms with van der Waals surface area (Å²) in [6.45, 7) is 2.31. The Kier molecular flexibility index (Phi) is 5.49. The summed E-state index contributed by atoms with van der Waals surface area (Å²) in [5.41, 5.74) is 4.21. The van der Waals surface area contributed by atoms with Crippen molar-refractivity contribution in [2.24, 2.45) is 0 Å². The smallest absolute Gasteiger partial charge is 0.338 e. The monoisotopic (exact) mass is 337 g/mol. The highest BCUT2D eigenvalue weighted by Gasteiger charge is 2.16. The van der Waals surface area contributed by atoms with Gasteiger partial charge >= 0.3 is 5.97 Å². The first-order valence-corrected chi connectivity index (χ1v) is 8.74. The third-order valence-corrected chi connectivity index (χ3v) is 4.64. The van der Waals surface area contributed by atoms with Gasteiger partial charge in [0, 0.05) is 6.54 Å². The summed E-state index contributed by atoms with van der Waals surface area (Å²) in [6, 6.07) is 15.6. The van der Waals surface area contributed by atoms with Crippen molar-refractivity contribution in [3.8, 4) is 0 Å². The molecular weight excluding hydrogens is 314 g/mol. The van der Waals surface area contributed by atoms with Crippen LogP contribution in [0.3, 0.4) is 0 Å². The van der Waals surface area contributed by atoms with Crippen molar-refractivity contribution in [1.82, 2.24) is 5.32 Å². The van der Waals surface area contributed by atoms with Crippen LogP contribution in [0.25, 0.3) is 0 Å². The van der Waals surface area contributed by atoms with Crippen molar-refractivity contribution in [3.05, 3.63) is 70.8 Å². The first-order valence-electron chi connectivity index (χ1n) is 8.74. The second kappa shape index (κ2) is 7.97. The van der Waals surface area contributed by atoms with E-state index in [0.717, 1.165) is 24.8 Å². The number of ether oxygens (including phenoxy) is 1. The lowest BCUT2D eigenvalue weighted by atomic mass is 10.0. The summed E-state index contributed by atoms with van der Waals surface area (Å²) in [4.78, 5) is 24.0. The quantitative estimate of drug-likeness (QED) is 0.823. The van der Waals surface area contributed by atoms with Crippen LogP contribution in [0.5, 0.6) is 0 Å². The second-order valence-corrected chi connectivity index (χ2v) is 6.53. The van der Waals surface area contributed by atoms with Gasteiger partial charge in [-0.25, -0.2) is 4.79 Å². The van der Waals surface area contributed by atoms with E-state index in [1.807, 2.05) is 49.4 Å². The number of fused-ring (bicyclic) bond motifs is 1. The number of amides is 1. The molecular formula is C21H23NO3. The molecule has 1 aliphatic rings. The van der Waals surface area contributed by atoms with E-state index in [0.29, 0.717) is 12.1 Å². The van der Waals surface area contributed by atoms with Gasteiger partial charge < -0.3 is 10.1 Å². The Morgan fingerprint density at radius 1 is 1.08 bits per heavy atom. The number of hydrogen-bond acceptors (Lipinski definition) is 3. The molecule has 0 unspecified atom stereocenters. The van der Waals surface area contributed by atoms with Crippen molar-refractivity contribution < 1.29 is 14.3 Å². The fourth-order valence-electron chi connectivity index (χ4n) is 3.13. The van der Waals surface area contributed by atoms with Gasteiger partial charge in [-0.1, -0.05) is 43.3 Å². The van der Waals surface area contributed by atoms with Crippen LogP contribution < -0.4 is 5.32 Å². The van der Waals surface area contributed by atoms with Crippen LogP contribution in [0.1, 0.15) is 46.3 Å². The first-order chi connectivity index (χ1) is 12.1. The second-order valence-electron chi connectivity index (χ2n) is 6.53. The zero-order valence-corrected chi connectivity index (χ0v) is 14.5. The van der Waals surface area contributed by atoms with E-state index in [1.54, 1.807) is 6.07 Å². The van der Waals surface area contributed by atoms with Crippen LogP contribution in [-0.2, 0) is 22.4 Å². The fraction of sp³-hybridized carbons (Fsp3) is 0.333. The largest absolute Gasteiger partial charge is 0.452 e. The van der Waals surface area contributed by atoms with E-state index in [1.165, 1.54) is 11.1 Å². The molecule has 0 aliphatic heterocycles. The third-order valence-electron chi connectivity index (χ3n) is 4.64. The maximum atomic E-state index is 12.1. The van der Waals surface area contributed by atoms with Gasteiger partial charge in [-0.15, -0.1) is 0 Å². The van der Waals surface area contributed by atoms with Gasteiger partial charge in [-0.2, -0.15) is 0 Å². The lowest BCUT2D eigenvalue weighted by Gasteiger charge is -2.13. The van der Waals surface area contributed by atoms with E-state index in [9.17, 15) is 9.59 Å². The predicted octanol–water partition coefficient (Wildman–Crippen LogP) is 3.25. The van der Waals surface area contributed by atoms with Crippen LogP contribution in [0, 0.1) is 0 Å². The maximum absolute atomic E-state index is 12.1. The van der Waals surface area contributed by atoms with E-state index in [-0.39, 0.29) is 18.4 Å². The SMILES string of the molecule is C[C@@H](CNC(=O)COC(=O)c1ccc2c(c1)CCC2)c1ccccc1. The minimum Gasteiger partial charge on any atom is -0.452 e. The van der Waals surface area contributed by atoms with Gasteiger partial charge in [0.2, 0.25) is 0 Å². The lowest BCUT2D eigenvalue weighted by Crippen LogP contribution is -2.31. The molecule has 4 nitrogen and oxygen atoms in total. The number of carbonyl (C=O) groups excluding carboxylic acids is 2. The van der Waals surface area contributed by atoms with Crippen molar-refractivity contribution in [2.45, 2.75) is 32.1 Å². The molecule has 2 aromatic carbocycles. The molecule has 0 radical (unpaired) electrons. The molecule has 4 heteroatoms. The highest BCUT2D eigenvalue weighted by molar-refractivity contribution is 5.91. The van der Waals surface area contributed by atoms with Crippen molar-refractivity contribution in [2.75, 3.05) is 13.2 Å². The van der Waals surface area contributed by atoms with Gasteiger partial charge in [-0.05, 0) is 54.0 Å². The third kappa shape index (κ3) is 4.47. The maximum Gasteiger partial charge on any atom is 0.338 e. The minimum atomic E-state index is -0.444. The molecule has 1 aliphatic carbocycles. The molecule has 0 aromatic heterocycles. The van der Waals surface area contributed by atoms with Crippen LogP contribution in [0.15, 0.2) is 48.5 Å². The molecule has 2 aromatic rings. The zero-order chi connectivity index (χ0) is 17.6. The molecule has 1 atom stereocenters. The Hall–Kier alpha value is -2.62.